The first-order valence-corrected chi connectivity index (χ1v) is 7.92. The Morgan fingerprint density at radius 2 is 1.45 bits per heavy atom. The molecule has 108 valence electrons. The lowest BCUT2D eigenvalue weighted by Gasteiger charge is -2.30. The summed E-state index contributed by atoms with van der Waals surface area (Å²) in [5.41, 5.74) is 1.81. The van der Waals surface area contributed by atoms with Gasteiger partial charge < -0.3 is 10.0 Å². The fourth-order valence-corrected chi connectivity index (χ4v) is 3.72. The van der Waals surface area contributed by atoms with Crippen LogP contribution in [0.25, 0.3) is 0 Å². The summed E-state index contributed by atoms with van der Waals surface area (Å²) in [5, 5.41) is 8.62. The second kappa shape index (κ2) is 6.49. The van der Waals surface area contributed by atoms with Gasteiger partial charge in [0, 0.05) is 0 Å². The highest BCUT2D eigenvalue weighted by Crippen LogP contribution is 2.41. The third kappa shape index (κ3) is 2.63. The van der Waals surface area contributed by atoms with Crippen LogP contribution >= 0.6 is 0 Å². The Balaban J connectivity index is 2.04. The average Bonchev–Trinajstić information content (AvgIpc) is 2.57. The summed E-state index contributed by atoms with van der Waals surface area (Å²) in [4.78, 5) is 3.63. The van der Waals surface area contributed by atoms with Crippen molar-refractivity contribution in [2.75, 3.05) is 18.1 Å². The lowest BCUT2D eigenvalue weighted by atomic mass is 10.2. The van der Waals surface area contributed by atoms with Gasteiger partial charge in [-0.1, -0.05) is 36.1 Å². The Bertz CT molecular complexity index is 803. The summed E-state index contributed by atoms with van der Waals surface area (Å²) in [6.07, 6.45) is 0. The van der Waals surface area contributed by atoms with Crippen LogP contribution in [0.15, 0.2) is 58.3 Å². The van der Waals surface area contributed by atoms with Crippen LogP contribution in [0.2, 0.25) is 0 Å². The van der Waals surface area contributed by atoms with E-state index in [1.165, 1.54) is 0 Å². The number of rotatable bonds is 1. The highest BCUT2D eigenvalue weighted by atomic mass is 32.2. The summed E-state index contributed by atoms with van der Waals surface area (Å²) < 4.78 is 12.7. The molecule has 4 heteroatoms. The lowest BCUT2D eigenvalue weighted by Crippen LogP contribution is -2.24. The minimum Gasteiger partial charge on any atom is -0.384 e. The molecule has 0 fully saturated rings. The number of nitrogens with zero attached hydrogens (tertiary/aromatic N) is 1. The molecule has 2 aromatic carbocycles. The van der Waals surface area contributed by atoms with E-state index in [4.69, 9.17) is 5.11 Å². The number of benzene rings is 2. The van der Waals surface area contributed by atoms with Gasteiger partial charge in [-0.05, 0) is 36.1 Å². The van der Waals surface area contributed by atoms with E-state index in [1.807, 2.05) is 53.4 Å². The van der Waals surface area contributed by atoms with Crippen molar-refractivity contribution in [3.8, 4) is 23.7 Å². The zero-order valence-corrected chi connectivity index (χ0v) is 12.6. The van der Waals surface area contributed by atoms with Crippen LogP contribution in [-0.2, 0) is 10.8 Å². The standard InChI is InChI=1S/C18H13NO2S/c20-14-8-2-1-7-13-19-15-9-3-5-11-17(15)22(21)18-12-6-4-10-16(18)19/h3-6,9-12,20H,13-14H2. The molecule has 2 aromatic rings. The number of anilines is 2. The van der Waals surface area contributed by atoms with Crippen LogP contribution in [0.5, 0.6) is 0 Å². The van der Waals surface area contributed by atoms with Crippen molar-refractivity contribution in [2.45, 2.75) is 9.79 Å². The van der Waals surface area contributed by atoms with Crippen molar-refractivity contribution in [3.63, 3.8) is 0 Å². The van der Waals surface area contributed by atoms with Crippen molar-refractivity contribution in [2.24, 2.45) is 0 Å². The van der Waals surface area contributed by atoms with Crippen LogP contribution in [0.4, 0.5) is 11.4 Å². The van der Waals surface area contributed by atoms with Crippen LogP contribution in [-0.4, -0.2) is 22.5 Å². The van der Waals surface area contributed by atoms with Gasteiger partial charge in [0.25, 0.3) is 0 Å². The molecule has 0 radical (unpaired) electrons. The van der Waals surface area contributed by atoms with Gasteiger partial charge in [-0.3, -0.25) is 0 Å². The van der Waals surface area contributed by atoms with Gasteiger partial charge in [0.15, 0.2) is 0 Å². The van der Waals surface area contributed by atoms with E-state index >= 15 is 0 Å². The van der Waals surface area contributed by atoms with E-state index in [9.17, 15) is 4.21 Å². The third-order valence-electron chi connectivity index (χ3n) is 3.27. The highest BCUT2D eigenvalue weighted by Gasteiger charge is 2.26. The minimum absolute atomic E-state index is 0.191. The summed E-state index contributed by atoms with van der Waals surface area (Å²) in [5.74, 6) is 10.8. The van der Waals surface area contributed by atoms with Crippen molar-refractivity contribution in [1.29, 1.82) is 0 Å². The molecule has 0 aromatic heterocycles. The smallest absolute Gasteiger partial charge is 0.105 e. The van der Waals surface area contributed by atoms with Gasteiger partial charge in [-0.15, -0.1) is 0 Å². The van der Waals surface area contributed by atoms with Crippen molar-refractivity contribution in [1.82, 2.24) is 0 Å². The SMILES string of the molecule is O=S1c2ccccc2N(CC#CC#CCO)c2ccccc21. The van der Waals surface area contributed by atoms with Gasteiger partial charge >= 0.3 is 0 Å². The fourth-order valence-electron chi connectivity index (χ4n) is 2.34. The van der Waals surface area contributed by atoms with Crippen molar-refractivity contribution >= 4 is 22.2 Å². The number of hydrogen-bond acceptors (Lipinski definition) is 3. The first-order valence-electron chi connectivity index (χ1n) is 6.77. The number of aliphatic hydroxyl groups excluding tert-OH is 1. The molecule has 3 rings (SSSR count). The Hall–Kier alpha value is -2.53. The molecule has 1 aliphatic heterocycles. The predicted molar refractivity (Wildman–Crippen MR) is 87.2 cm³/mol. The molecule has 0 aliphatic carbocycles. The second-order valence-electron chi connectivity index (χ2n) is 4.55. The molecule has 3 nitrogen and oxygen atoms in total. The highest BCUT2D eigenvalue weighted by molar-refractivity contribution is 7.85. The lowest BCUT2D eigenvalue weighted by molar-refractivity contribution is 0.350. The van der Waals surface area contributed by atoms with Gasteiger partial charge in [-0.2, -0.15) is 0 Å². The maximum absolute atomic E-state index is 12.7. The first kappa shape index (κ1) is 14.4. The molecule has 0 atom stereocenters. The van der Waals surface area contributed by atoms with E-state index in [0.29, 0.717) is 6.54 Å². The molecule has 22 heavy (non-hydrogen) atoms. The molecular weight excluding hydrogens is 294 g/mol. The van der Waals surface area contributed by atoms with E-state index in [0.717, 1.165) is 21.2 Å². The first-order chi connectivity index (χ1) is 10.8. The summed E-state index contributed by atoms with van der Waals surface area (Å²) >= 11 is 0. The predicted octanol–water partition coefficient (Wildman–Crippen LogP) is 2.30. The molecule has 1 N–H and O–H groups in total. The summed E-state index contributed by atoms with van der Waals surface area (Å²) in [6.45, 7) is 0.258. The van der Waals surface area contributed by atoms with Gasteiger partial charge in [0.1, 0.15) is 6.61 Å². The van der Waals surface area contributed by atoms with E-state index < -0.39 is 10.8 Å². The van der Waals surface area contributed by atoms with E-state index in [2.05, 4.69) is 23.7 Å². The van der Waals surface area contributed by atoms with Crippen LogP contribution in [0, 0.1) is 23.7 Å². The topological polar surface area (TPSA) is 40.5 Å². The zero-order chi connectivity index (χ0) is 15.4. The summed E-state index contributed by atoms with van der Waals surface area (Å²) in [6, 6.07) is 15.3. The summed E-state index contributed by atoms with van der Waals surface area (Å²) in [7, 11) is -1.17. The normalized spacial score (nSPS) is 12.3. The van der Waals surface area contributed by atoms with Gasteiger partial charge in [-0.25, -0.2) is 4.21 Å². The van der Waals surface area contributed by atoms with Crippen molar-refractivity contribution < 1.29 is 9.32 Å². The van der Waals surface area contributed by atoms with Crippen molar-refractivity contribution in [3.05, 3.63) is 48.5 Å². The quantitative estimate of drug-likeness (QED) is 0.822. The fraction of sp³-hybridized carbons (Fsp3) is 0.111. The monoisotopic (exact) mass is 307 g/mol. The molecular formula is C18H13NO2S. The number of para-hydroxylation sites is 2. The van der Waals surface area contributed by atoms with E-state index in [-0.39, 0.29) is 6.61 Å². The largest absolute Gasteiger partial charge is 0.384 e. The minimum atomic E-state index is -1.17. The molecule has 0 saturated carbocycles. The molecule has 0 saturated heterocycles. The molecule has 0 amide bonds. The van der Waals surface area contributed by atoms with Crippen LogP contribution < -0.4 is 4.90 Å². The average molecular weight is 307 g/mol. The molecule has 0 spiro atoms. The maximum atomic E-state index is 12.7. The van der Waals surface area contributed by atoms with Crippen LogP contribution in [0.3, 0.4) is 0 Å². The maximum Gasteiger partial charge on any atom is 0.105 e. The third-order valence-corrected chi connectivity index (χ3v) is 4.76. The molecule has 1 heterocycles. The van der Waals surface area contributed by atoms with Gasteiger partial charge in [0.05, 0.1) is 38.5 Å². The number of hydrogen-bond donors (Lipinski definition) is 1. The molecule has 0 unspecified atom stereocenters. The Morgan fingerprint density at radius 1 is 0.909 bits per heavy atom. The van der Waals surface area contributed by atoms with Gasteiger partial charge in [0.2, 0.25) is 0 Å². The molecule has 1 aliphatic rings. The Morgan fingerprint density at radius 3 is 2.05 bits per heavy atom. The molecule has 0 bridgehead atoms. The Labute approximate surface area is 132 Å². The van der Waals surface area contributed by atoms with Crippen LogP contribution in [0.1, 0.15) is 0 Å². The Kier molecular flexibility index (Phi) is 4.25. The second-order valence-corrected chi connectivity index (χ2v) is 5.97. The zero-order valence-electron chi connectivity index (χ0n) is 11.7. The number of fused-ring (bicyclic) bond motifs is 2. The van der Waals surface area contributed by atoms with E-state index in [1.54, 1.807) is 0 Å². The number of aliphatic hydroxyl groups is 1.